The van der Waals surface area contributed by atoms with Crippen LogP contribution in [0.25, 0.3) is 0 Å². The number of aryl methyl sites for hydroxylation is 1. The van der Waals surface area contributed by atoms with E-state index in [-0.39, 0.29) is 30.0 Å². The van der Waals surface area contributed by atoms with E-state index in [2.05, 4.69) is 10.3 Å². The van der Waals surface area contributed by atoms with Crippen molar-refractivity contribution in [2.24, 2.45) is 0 Å². The van der Waals surface area contributed by atoms with Crippen LogP contribution in [-0.2, 0) is 9.84 Å². The molecule has 1 aromatic heterocycles. The fourth-order valence-corrected chi connectivity index (χ4v) is 4.08. The average Bonchev–Trinajstić information content (AvgIpc) is 2.37. The molecule has 0 saturated carbocycles. The van der Waals surface area contributed by atoms with Crippen LogP contribution in [0, 0.1) is 6.92 Å². The first-order valence-corrected chi connectivity index (χ1v) is 8.88. The van der Waals surface area contributed by atoms with Crippen LogP contribution < -0.4 is 5.32 Å². The maximum absolute atomic E-state index is 12.7. The Morgan fingerprint density at radius 2 is 2.24 bits per heavy atom. The number of amides is 1. The lowest BCUT2D eigenvalue weighted by Crippen LogP contribution is -2.49. The van der Waals surface area contributed by atoms with Crippen molar-refractivity contribution in [3.8, 4) is 0 Å². The van der Waals surface area contributed by atoms with Crippen LogP contribution in [0.4, 0.5) is 5.69 Å². The van der Waals surface area contributed by atoms with Crippen molar-refractivity contribution >= 4 is 21.4 Å². The van der Waals surface area contributed by atoms with Gasteiger partial charge in [-0.15, -0.1) is 0 Å². The van der Waals surface area contributed by atoms with E-state index in [9.17, 15) is 13.2 Å². The van der Waals surface area contributed by atoms with Gasteiger partial charge in [0, 0.05) is 31.0 Å². The molecule has 1 aromatic rings. The monoisotopic (exact) mass is 311 g/mol. The van der Waals surface area contributed by atoms with Crippen LogP contribution in [0.2, 0.25) is 0 Å². The molecule has 0 spiro atoms. The molecule has 7 heteroatoms. The van der Waals surface area contributed by atoms with E-state index in [1.54, 1.807) is 18.0 Å². The Morgan fingerprint density at radius 3 is 2.86 bits per heavy atom. The summed E-state index contributed by atoms with van der Waals surface area (Å²) in [5.41, 5.74) is 2.07. The second kappa shape index (κ2) is 6.01. The Hall–Kier alpha value is -1.63. The number of anilines is 1. The molecule has 0 aliphatic carbocycles. The van der Waals surface area contributed by atoms with E-state index in [1.807, 2.05) is 19.9 Å². The van der Waals surface area contributed by atoms with Gasteiger partial charge in [-0.2, -0.15) is 0 Å². The van der Waals surface area contributed by atoms with Gasteiger partial charge in [-0.3, -0.25) is 9.78 Å². The molecule has 1 aliphatic rings. The number of sulfone groups is 1. The lowest BCUT2D eigenvalue weighted by Gasteiger charge is -2.33. The second-order valence-corrected chi connectivity index (χ2v) is 7.59. The summed E-state index contributed by atoms with van der Waals surface area (Å²) in [5, 5.41) is 3.16. The Labute approximate surface area is 125 Å². The molecule has 1 aliphatic heterocycles. The SMILES string of the molecule is CCNc1cc(C)ncc1C(=O)N1CCS(=O)(=O)CC1C. The van der Waals surface area contributed by atoms with Gasteiger partial charge >= 0.3 is 0 Å². The van der Waals surface area contributed by atoms with Gasteiger partial charge in [0.1, 0.15) is 0 Å². The van der Waals surface area contributed by atoms with Crippen molar-refractivity contribution in [2.45, 2.75) is 26.8 Å². The predicted molar refractivity (Wildman–Crippen MR) is 82.3 cm³/mol. The molecule has 2 rings (SSSR count). The Morgan fingerprint density at radius 1 is 1.52 bits per heavy atom. The van der Waals surface area contributed by atoms with E-state index >= 15 is 0 Å². The molecule has 2 heterocycles. The summed E-state index contributed by atoms with van der Waals surface area (Å²) in [5.74, 6) is -0.117. The van der Waals surface area contributed by atoms with Gasteiger partial charge in [0.05, 0.1) is 22.8 Å². The van der Waals surface area contributed by atoms with E-state index in [0.29, 0.717) is 12.1 Å². The van der Waals surface area contributed by atoms with Gasteiger partial charge in [-0.1, -0.05) is 0 Å². The maximum Gasteiger partial charge on any atom is 0.257 e. The third-order valence-electron chi connectivity index (χ3n) is 3.57. The Balaban J connectivity index is 2.28. The fraction of sp³-hybridized carbons (Fsp3) is 0.571. The highest BCUT2D eigenvalue weighted by Crippen LogP contribution is 2.21. The summed E-state index contributed by atoms with van der Waals surface area (Å²) in [6.45, 7) is 6.53. The molecule has 0 aromatic carbocycles. The number of hydrogen-bond donors (Lipinski definition) is 1. The van der Waals surface area contributed by atoms with Crippen LogP contribution in [0.5, 0.6) is 0 Å². The summed E-state index contributed by atoms with van der Waals surface area (Å²) >= 11 is 0. The molecule has 1 N–H and O–H groups in total. The minimum Gasteiger partial charge on any atom is -0.385 e. The number of pyridine rings is 1. The number of nitrogens with zero attached hydrogens (tertiary/aromatic N) is 2. The topological polar surface area (TPSA) is 79.4 Å². The van der Waals surface area contributed by atoms with Crippen molar-refractivity contribution in [1.82, 2.24) is 9.88 Å². The molecule has 0 bridgehead atoms. The molecule has 21 heavy (non-hydrogen) atoms. The van der Waals surface area contributed by atoms with Gasteiger partial charge < -0.3 is 10.2 Å². The fourth-order valence-electron chi connectivity index (χ4n) is 2.52. The number of nitrogens with one attached hydrogen (secondary N) is 1. The molecule has 0 radical (unpaired) electrons. The summed E-state index contributed by atoms with van der Waals surface area (Å²) < 4.78 is 23.2. The van der Waals surface area contributed by atoms with Crippen LogP contribution in [0.15, 0.2) is 12.3 Å². The maximum atomic E-state index is 12.7. The van der Waals surface area contributed by atoms with Crippen LogP contribution in [-0.4, -0.2) is 54.8 Å². The number of carbonyl (C=O) groups excluding carboxylic acids is 1. The first-order valence-electron chi connectivity index (χ1n) is 7.06. The van der Waals surface area contributed by atoms with Crippen LogP contribution in [0.3, 0.4) is 0 Å². The average molecular weight is 311 g/mol. The third-order valence-corrected chi connectivity index (χ3v) is 5.36. The molecule has 1 atom stereocenters. The van der Waals surface area contributed by atoms with E-state index in [1.165, 1.54) is 0 Å². The first kappa shape index (κ1) is 15.8. The first-order chi connectivity index (χ1) is 9.84. The number of rotatable bonds is 3. The van der Waals surface area contributed by atoms with Crippen molar-refractivity contribution < 1.29 is 13.2 Å². The van der Waals surface area contributed by atoms with E-state index < -0.39 is 9.84 Å². The van der Waals surface area contributed by atoms with Gasteiger partial charge in [0.25, 0.3) is 5.91 Å². The molecular weight excluding hydrogens is 290 g/mol. The Kier molecular flexibility index (Phi) is 4.51. The summed E-state index contributed by atoms with van der Waals surface area (Å²) in [6.07, 6.45) is 1.56. The highest BCUT2D eigenvalue weighted by atomic mass is 32.2. The van der Waals surface area contributed by atoms with Crippen LogP contribution in [0.1, 0.15) is 29.9 Å². The van der Waals surface area contributed by atoms with Crippen molar-refractivity contribution in [2.75, 3.05) is 29.9 Å². The predicted octanol–water partition coefficient (Wildman–Crippen LogP) is 1.08. The zero-order valence-corrected chi connectivity index (χ0v) is 13.4. The highest BCUT2D eigenvalue weighted by molar-refractivity contribution is 7.91. The van der Waals surface area contributed by atoms with Crippen molar-refractivity contribution in [3.63, 3.8) is 0 Å². The number of carbonyl (C=O) groups is 1. The number of aromatic nitrogens is 1. The van der Waals surface area contributed by atoms with Crippen molar-refractivity contribution in [1.29, 1.82) is 0 Å². The van der Waals surface area contributed by atoms with Crippen molar-refractivity contribution in [3.05, 3.63) is 23.5 Å². The molecular formula is C14H21N3O3S. The van der Waals surface area contributed by atoms with E-state index in [4.69, 9.17) is 0 Å². The lowest BCUT2D eigenvalue weighted by molar-refractivity contribution is 0.0713. The smallest absolute Gasteiger partial charge is 0.257 e. The number of hydrogen-bond acceptors (Lipinski definition) is 5. The minimum atomic E-state index is -3.03. The minimum absolute atomic E-state index is 0.0224. The van der Waals surface area contributed by atoms with Gasteiger partial charge in [-0.25, -0.2) is 8.42 Å². The van der Waals surface area contributed by atoms with Gasteiger partial charge in [-0.05, 0) is 26.8 Å². The normalized spacial score (nSPS) is 21.1. The van der Waals surface area contributed by atoms with E-state index in [0.717, 1.165) is 11.4 Å². The third kappa shape index (κ3) is 3.53. The molecule has 1 fully saturated rings. The largest absolute Gasteiger partial charge is 0.385 e. The molecule has 1 unspecified atom stereocenters. The zero-order valence-electron chi connectivity index (χ0n) is 12.6. The molecule has 1 saturated heterocycles. The second-order valence-electron chi connectivity index (χ2n) is 5.36. The zero-order chi connectivity index (χ0) is 15.6. The van der Waals surface area contributed by atoms with Gasteiger partial charge in [0.15, 0.2) is 9.84 Å². The molecule has 1 amide bonds. The highest BCUT2D eigenvalue weighted by Gasteiger charge is 2.32. The summed E-state index contributed by atoms with van der Waals surface area (Å²) in [7, 11) is -3.03. The lowest BCUT2D eigenvalue weighted by atomic mass is 10.1. The standard InChI is InChI=1S/C14H21N3O3S/c1-4-15-13-7-10(2)16-8-12(13)14(18)17-5-6-21(19,20)9-11(17)3/h7-8,11H,4-6,9H2,1-3H3,(H,15,16). The quantitative estimate of drug-likeness (QED) is 0.903. The Bertz CT molecular complexity index is 643. The molecule has 116 valence electrons. The summed E-state index contributed by atoms with van der Waals surface area (Å²) in [4.78, 5) is 18.5. The summed E-state index contributed by atoms with van der Waals surface area (Å²) in [6, 6.07) is 1.52. The van der Waals surface area contributed by atoms with Crippen LogP contribution >= 0.6 is 0 Å². The van der Waals surface area contributed by atoms with Gasteiger partial charge in [0.2, 0.25) is 0 Å². The molecule has 6 nitrogen and oxygen atoms in total.